The highest BCUT2D eigenvalue weighted by Gasteiger charge is 2.47. The molecule has 2 fully saturated rings. The number of carbonyl (C=O) groups is 2. The van der Waals surface area contributed by atoms with E-state index in [0.29, 0.717) is 0 Å². The number of carbonyl (C=O) groups excluding carboxylic acids is 2. The molecule has 1 aliphatic heterocycles. The van der Waals surface area contributed by atoms with E-state index in [1.54, 1.807) is 13.8 Å². The Hall–Kier alpha value is -2.70. The number of ether oxygens (including phenoxy) is 4. The first kappa shape index (κ1) is 30.3. The van der Waals surface area contributed by atoms with Crippen molar-refractivity contribution in [2.45, 2.75) is 103 Å². The monoisotopic (exact) mass is 550 g/mol. The van der Waals surface area contributed by atoms with Gasteiger partial charge in [-0.3, -0.25) is 0 Å². The van der Waals surface area contributed by atoms with Crippen LogP contribution in [0.1, 0.15) is 96.0 Å². The van der Waals surface area contributed by atoms with E-state index in [-0.39, 0.29) is 13.2 Å². The first-order valence-corrected chi connectivity index (χ1v) is 15.4. The molecule has 1 heterocycles. The molecular formula is C34H46O6. The summed E-state index contributed by atoms with van der Waals surface area (Å²) >= 11 is 0. The number of unbranched alkanes of at least 4 members (excludes halogenated alkanes) is 1. The Morgan fingerprint density at radius 2 is 1.20 bits per heavy atom. The number of rotatable bonds is 13. The van der Waals surface area contributed by atoms with Crippen molar-refractivity contribution >= 4 is 11.9 Å². The zero-order valence-electron chi connectivity index (χ0n) is 24.4. The van der Waals surface area contributed by atoms with Crippen LogP contribution in [0.15, 0.2) is 48.5 Å². The number of aryl methyl sites for hydroxylation is 1. The largest absolute Gasteiger partial charge is 0.464 e. The van der Waals surface area contributed by atoms with Gasteiger partial charge in [-0.15, -0.1) is 0 Å². The molecule has 1 saturated heterocycles. The van der Waals surface area contributed by atoms with Crippen LogP contribution in [0.2, 0.25) is 0 Å². The first-order chi connectivity index (χ1) is 19.5. The van der Waals surface area contributed by atoms with E-state index >= 15 is 0 Å². The molecule has 2 aromatic rings. The van der Waals surface area contributed by atoms with Crippen molar-refractivity contribution in [2.75, 3.05) is 13.2 Å². The van der Waals surface area contributed by atoms with Crippen LogP contribution in [0.5, 0.6) is 0 Å². The Kier molecular flexibility index (Phi) is 11.6. The third-order valence-corrected chi connectivity index (χ3v) is 8.31. The molecule has 0 radical (unpaired) electrons. The van der Waals surface area contributed by atoms with Crippen LogP contribution in [0.25, 0.3) is 11.1 Å². The van der Waals surface area contributed by atoms with Gasteiger partial charge in [0.1, 0.15) is 0 Å². The maximum atomic E-state index is 12.4. The van der Waals surface area contributed by atoms with E-state index in [9.17, 15) is 9.59 Å². The summed E-state index contributed by atoms with van der Waals surface area (Å²) in [7, 11) is 0. The topological polar surface area (TPSA) is 71.1 Å². The summed E-state index contributed by atoms with van der Waals surface area (Å²) in [5.74, 6) is 0.682. The molecule has 6 heteroatoms. The Morgan fingerprint density at radius 3 is 1.70 bits per heavy atom. The van der Waals surface area contributed by atoms with Crippen molar-refractivity contribution in [3.63, 3.8) is 0 Å². The predicted molar refractivity (Wildman–Crippen MR) is 156 cm³/mol. The van der Waals surface area contributed by atoms with Gasteiger partial charge in [0.25, 0.3) is 0 Å². The van der Waals surface area contributed by atoms with Crippen molar-refractivity contribution in [2.24, 2.45) is 11.8 Å². The fourth-order valence-corrected chi connectivity index (χ4v) is 6.08. The van der Waals surface area contributed by atoms with Crippen LogP contribution in [0, 0.1) is 11.8 Å². The summed E-state index contributed by atoms with van der Waals surface area (Å²) in [5.41, 5.74) is 4.33. The molecule has 0 aromatic heterocycles. The molecule has 6 nitrogen and oxygen atoms in total. The molecule has 2 aromatic carbocycles. The Balaban J connectivity index is 1.26. The van der Waals surface area contributed by atoms with Crippen molar-refractivity contribution in [3.05, 3.63) is 59.7 Å². The number of benzene rings is 2. The molecule has 40 heavy (non-hydrogen) atoms. The second-order valence-electron chi connectivity index (χ2n) is 11.2. The summed E-state index contributed by atoms with van der Waals surface area (Å²) in [6.07, 6.45) is 10.5. The lowest BCUT2D eigenvalue weighted by atomic mass is 9.78. The van der Waals surface area contributed by atoms with Gasteiger partial charge in [0.05, 0.1) is 13.2 Å². The average Bonchev–Trinajstić information content (AvgIpc) is 3.43. The van der Waals surface area contributed by atoms with E-state index < -0.39 is 30.4 Å². The molecule has 0 spiro atoms. The molecule has 1 saturated carbocycles. The van der Waals surface area contributed by atoms with Gasteiger partial charge in [-0.25, -0.2) is 9.59 Å². The quantitative estimate of drug-likeness (QED) is 0.189. The standard InChI is InChI=1S/C34H46O6/c1-4-9-24-12-14-25(15-13-24)10-7-8-11-26-16-18-27(19-17-26)28-20-22-29(23-21-28)34-39-30(32(35)37-5-2)31(40-34)33(36)38-6-3/h16-25,30-31,34H,4-15H2,1-3H3. The fraction of sp³-hybridized carbons (Fsp3) is 0.588. The van der Waals surface area contributed by atoms with E-state index in [4.69, 9.17) is 18.9 Å². The lowest BCUT2D eigenvalue weighted by molar-refractivity contribution is -0.163. The Bertz CT molecular complexity index is 1030. The lowest BCUT2D eigenvalue weighted by Gasteiger charge is -2.28. The molecular weight excluding hydrogens is 504 g/mol. The van der Waals surface area contributed by atoms with Gasteiger partial charge in [0.15, 0.2) is 18.5 Å². The minimum atomic E-state index is -1.16. The van der Waals surface area contributed by atoms with E-state index in [0.717, 1.165) is 34.9 Å². The smallest absolute Gasteiger partial charge is 0.338 e. The van der Waals surface area contributed by atoms with E-state index in [1.807, 2.05) is 24.3 Å². The first-order valence-electron chi connectivity index (χ1n) is 15.4. The zero-order chi connectivity index (χ0) is 28.3. The highest BCUT2D eigenvalue weighted by molar-refractivity contribution is 5.86. The maximum absolute atomic E-state index is 12.4. The predicted octanol–water partition coefficient (Wildman–Crippen LogP) is 7.58. The normalized spacial score (nSPS) is 24.5. The van der Waals surface area contributed by atoms with Crippen LogP contribution in [0.3, 0.4) is 0 Å². The number of hydrogen-bond donors (Lipinski definition) is 0. The van der Waals surface area contributed by atoms with Crippen LogP contribution in [-0.4, -0.2) is 37.4 Å². The van der Waals surface area contributed by atoms with Gasteiger partial charge in [0, 0.05) is 5.56 Å². The third-order valence-electron chi connectivity index (χ3n) is 8.31. The molecule has 0 N–H and O–H groups in total. The van der Waals surface area contributed by atoms with Gasteiger partial charge in [-0.1, -0.05) is 107 Å². The fourth-order valence-electron chi connectivity index (χ4n) is 6.08. The number of hydrogen-bond acceptors (Lipinski definition) is 6. The van der Waals surface area contributed by atoms with Crippen LogP contribution in [0.4, 0.5) is 0 Å². The van der Waals surface area contributed by atoms with E-state index in [2.05, 4.69) is 31.2 Å². The molecule has 1 aliphatic carbocycles. The van der Waals surface area contributed by atoms with Gasteiger partial charge in [-0.05, 0) is 55.2 Å². The summed E-state index contributed by atoms with van der Waals surface area (Å²) in [6, 6.07) is 16.6. The molecule has 0 bridgehead atoms. The summed E-state index contributed by atoms with van der Waals surface area (Å²) in [4.78, 5) is 24.7. The summed E-state index contributed by atoms with van der Waals surface area (Å²) < 4.78 is 21.8. The highest BCUT2D eigenvalue weighted by atomic mass is 16.8. The molecule has 4 rings (SSSR count). The lowest BCUT2D eigenvalue weighted by Crippen LogP contribution is -2.39. The van der Waals surface area contributed by atoms with Crippen LogP contribution < -0.4 is 0 Å². The highest BCUT2D eigenvalue weighted by Crippen LogP contribution is 2.35. The molecule has 0 amide bonds. The summed E-state index contributed by atoms with van der Waals surface area (Å²) in [5, 5.41) is 0. The van der Waals surface area contributed by atoms with Crippen LogP contribution in [-0.2, 0) is 35.0 Å². The molecule has 2 aliphatic rings. The Morgan fingerprint density at radius 1 is 0.700 bits per heavy atom. The SMILES string of the molecule is CCCC1CCC(CCCCc2ccc(-c3ccc(C4OC(C(=O)OCC)C(C(=O)OCC)O4)cc3)cc2)CC1. The van der Waals surface area contributed by atoms with Crippen molar-refractivity contribution < 1.29 is 28.5 Å². The van der Waals surface area contributed by atoms with Crippen LogP contribution >= 0.6 is 0 Å². The van der Waals surface area contributed by atoms with Gasteiger partial charge >= 0.3 is 11.9 Å². The molecule has 2 atom stereocenters. The van der Waals surface area contributed by atoms with Gasteiger partial charge in [-0.2, -0.15) is 0 Å². The molecule has 218 valence electrons. The maximum Gasteiger partial charge on any atom is 0.338 e. The van der Waals surface area contributed by atoms with Gasteiger partial charge in [0.2, 0.25) is 0 Å². The number of esters is 2. The Labute approximate surface area is 239 Å². The zero-order valence-corrected chi connectivity index (χ0v) is 24.4. The van der Waals surface area contributed by atoms with Gasteiger partial charge < -0.3 is 18.9 Å². The summed E-state index contributed by atoms with van der Waals surface area (Å²) in [6.45, 7) is 6.09. The minimum Gasteiger partial charge on any atom is -0.464 e. The second kappa shape index (κ2) is 15.3. The van der Waals surface area contributed by atoms with Crippen molar-refractivity contribution in [3.8, 4) is 11.1 Å². The second-order valence-corrected chi connectivity index (χ2v) is 11.2. The van der Waals surface area contributed by atoms with E-state index in [1.165, 1.54) is 63.4 Å². The van der Waals surface area contributed by atoms with Crippen molar-refractivity contribution in [1.82, 2.24) is 0 Å². The van der Waals surface area contributed by atoms with Crippen molar-refractivity contribution in [1.29, 1.82) is 0 Å². The minimum absolute atomic E-state index is 0.187. The third kappa shape index (κ3) is 8.17. The average molecular weight is 551 g/mol. The molecule has 2 unspecified atom stereocenters.